The topological polar surface area (TPSA) is 88.1 Å². The highest BCUT2D eigenvalue weighted by molar-refractivity contribution is 5.96. The summed E-state index contributed by atoms with van der Waals surface area (Å²) in [7, 11) is 0. The van der Waals surface area contributed by atoms with Crippen LogP contribution in [0.3, 0.4) is 0 Å². The van der Waals surface area contributed by atoms with Crippen LogP contribution in [0.5, 0.6) is 0 Å². The summed E-state index contributed by atoms with van der Waals surface area (Å²) in [4.78, 5) is 26.4. The van der Waals surface area contributed by atoms with Crippen LogP contribution in [0.1, 0.15) is 12.8 Å². The largest absolute Gasteiger partial charge is 0.481 e. The van der Waals surface area contributed by atoms with E-state index in [4.69, 9.17) is 9.47 Å². The third-order valence-electron chi connectivity index (χ3n) is 5.37. The number of carbonyl (C=O) groups excluding carboxylic acids is 1. The molecule has 0 saturated carbocycles. The van der Waals surface area contributed by atoms with Gasteiger partial charge in [0.25, 0.3) is 0 Å². The maximum atomic E-state index is 12.6. The number of morpholine rings is 1. The summed E-state index contributed by atoms with van der Waals surface area (Å²) < 4.78 is 11.0. The molecular weight excluding hydrogens is 324 g/mol. The average molecular weight is 346 g/mol. The number of ether oxygens (including phenoxy) is 2. The highest BCUT2D eigenvalue weighted by Crippen LogP contribution is 2.44. The Hall–Kier alpha value is -2.12. The zero-order valence-corrected chi connectivity index (χ0v) is 13.9. The van der Waals surface area contributed by atoms with Crippen LogP contribution in [0.4, 0.5) is 11.4 Å². The molecule has 3 aliphatic rings. The van der Waals surface area contributed by atoms with Crippen molar-refractivity contribution in [2.45, 2.75) is 25.0 Å². The van der Waals surface area contributed by atoms with Crippen molar-refractivity contribution in [2.75, 3.05) is 36.5 Å². The number of carboxylic acids is 1. The maximum Gasteiger partial charge on any atom is 0.310 e. The summed E-state index contributed by atoms with van der Waals surface area (Å²) in [6, 6.07) is 7.64. The van der Waals surface area contributed by atoms with Crippen molar-refractivity contribution >= 4 is 23.3 Å². The number of hydrogen-bond donors (Lipinski definition) is 2. The molecule has 3 heterocycles. The molecule has 7 heteroatoms. The summed E-state index contributed by atoms with van der Waals surface area (Å²) in [5, 5.41) is 12.3. The van der Waals surface area contributed by atoms with Gasteiger partial charge < -0.3 is 24.8 Å². The molecule has 4 rings (SSSR count). The zero-order valence-electron chi connectivity index (χ0n) is 13.9. The number of nitrogens with zero attached hydrogens (tertiary/aromatic N) is 1. The Balaban J connectivity index is 1.43. The molecule has 2 N–H and O–H groups in total. The summed E-state index contributed by atoms with van der Waals surface area (Å²) in [6.07, 6.45) is 0.864. The van der Waals surface area contributed by atoms with Crippen LogP contribution in [-0.4, -0.2) is 55.5 Å². The first-order valence-electron chi connectivity index (χ1n) is 8.75. The molecule has 3 saturated heterocycles. The lowest BCUT2D eigenvalue weighted by atomic mass is 9.78. The van der Waals surface area contributed by atoms with Crippen molar-refractivity contribution in [1.82, 2.24) is 0 Å². The monoisotopic (exact) mass is 346 g/mol. The van der Waals surface area contributed by atoms with Gasteiger partial charge in [0.2, 0.25) is 5.91 Å². The number of carbonyl (C=O) groups is 2. The second-order valence-electron chi connectivity index (χ2n) is 6.82. The lowest BCUT2D eigenvalue weighted by molar-refractivity contribution is -0.147. The molecule has 3 aliphatic heterocycles. The fourth-order valence-corrected chi connectivity index (χ4v) is 4.13. The number of anilines is 2. The van der Waals surface area contributed by atoms with E-state index in [1.165, 1.54) is 0 Å². The summed E-state index contributed by atoms with van der Waals surface area (Å²) >= 11 is 0. The Morgan fingerprint density at radius 1 is 1.04 bits per heavy atom. The molecule has 1 amide bonds. The van der Waals surface area contributed by atoms with E-state index < -0.39 is 17.8 Å². The first kappa shape index (κ1) is 16.4. The molecule has 3 fully saturated rings. The predicted molar refractivity (Wildman–Crippen MR) is 90.6 cm³/mol. The maximum absolute atomic E-state index is 12.6. The number of hydrogen-bond acceptors (Lipinski definition) is 5. The van der Waals surface area contributed by atoms with E-state index in [1.807, 2.05) is 24.3 Å². The molecular formula is C18H22N2O5. The van der Waals surface area contributed by atoms with Crippen molar-refractivity contribution in [3.63, 3.8) is 0 Å². The molecule has 2 bridgehead atoms. The van der Waals surface area contributed by atoms with Crippen molar-refractivity contribution in [1.29, 1.82) is 0 Å². The van der Waals surface area contributed by atoms with Gasteiger partial charge in [-0.2, -0.15) is 0 Å². The molecule has 0 aromatic heterocycles. The molecule has 1 aromatic rings. The number of rotatable bonds is 4. The van der Waals surface area contributed by atoms with E-state index >= 15 is 0 Å². The standard InChI is InChI=1S/C18H22N2O5/c21-17(15-13-5-6-14(25-13)16(15)18(22)23)19-11-1-3-12(4-2-11)20-7-9-24-10-8-20/h1-4,13-16H,5-10H2,(H,19,21)(H,22,23)/t13-,14+,15?,16?/m0/s1. The molecule has 25 heavy (non-hydrogen) atoms. The number of nitrogens with one attached hydrogen (secondary N) is 1. The van der Waals surface area contributed by atoms with Crippen LogP contribution in [0.2, 0.25) is 0 Å². The Kier molecular flexibility index (Phi) is 4.35. The Morgan fingerprint density at radius 2 is 1.68 bits per heavy atom. The van der Waals surface area contributed by atoms with Crippen LogP contribution in [0.25, 0.3) is 0 Å². The molecule has 2 unspecified atom stereocenters. The lowest BCUT2D eigenvalue weighted by Crippen LogP contribution is -2.41. The molecule has 7 nitrogen and oxygen atoms in total. The number of amides is 1. The van der Waals surface area contributed by atoms with Crippen molar-refractivity contribution in [2.24, 2.45) is 11.8 Å². The third-order valence-corrected chi connectivity index (χ3v) is 5.37. The van der Waals surface area contributed by atoms with Gasteiger partial charge in [0.1, 0.15) is 0 Å². The van der Waals surface area contributed by atoms with Gasteiger partial charge in [0, 0.05) is 24.5 Å². The van der Waals surface area contributed by atoms with Gasteiger partial charge in [0.15, 0.2) is 0 Å². The fourth-order valence-electron chi connectivity index (χ4n) is 4.13. The smallest absolute Gasteiger partial charge is 0.310 e. The van der Waals surface area contributed by atoms with Gasteiger partial charge in [-0.25, -0.2) is 0 Å². The van der Waals surface area contributed by atoms with Crippen LogP contribution >= 0.6 is 0 Å². The van der Waals surface area contributed by atoms with Gasteiger partial charge >= 0.3 is 5.97 Å². The summed E-state index contributed by atoms with van der Waals surface area (Å²) in [5.74, 6) is -2.57. The predicted octanol–water partition coefficient (Wildman–Crippen LogP) is 1.34. The van der Waals surface area contributed by atoms with Gasteiger partial charge in [-0.3, -0.25) is 9.59 Å². The highest BCUT2D eigenvalue weighted by Gasteiger charge is 2.55. The van der Waals surface area contributed by atoms with E-state index in [0.717, 1.165) is 44.8 Å². The van der Waals surface area contributed by atoms with Crippen LogP contribution in [0, 0.1) is 11.8 Å². The number of carboxylic acid groups (broad SMARTS) is 1. The number of benzene rings is 1. The van der Waals surface area contributed by atoms with E-state index in [2.05, 4.69) is 10.2 Å². The second kappa shape index (κ2) is 6.65. The average Bonchev–Trinajstić information content (AvgIpc) is 3.24. The minimum Gasteiger partial charge on any atom is -0.481 e. The van der Waals surface area contributed by atoms with Crippen LogP contribution < -0.4 is 10.2 Å². The third kappa shape index (κ3) is 3.09. The lowest BCUT2D eigenvalue weighted by Gasteiger charge is -2.29. The van der Waals surface area contributed by atoms with E-state index in [-0.39, 0.29) is 18.1 Å². The Morgan fingerprint density at radius 3 is 2.32 bits per heavy atom. The molecule has 0 spiro atoms. The molecule has 0 radical (unpaired) electrons. The second-order valence-corrected chi connectivity index (χ2v) is 6.82. The van der Waals surface area contributed by atoms with Gasteiger partial charge in [-0.15, -0.1) is 0 Å². The van der Waals surface area contributed by atoms with Crippen LogP contribution in [0.15, 0.2) is 24.3 Å². The number of aliphatic carboxylic acids is 1. The molecule has 134 valence electrons. The first-order chi connectivity index (χ1) is 12.1. The van der Waals surface area contributed by atoms with E-state index in [1.54, 1.807) is 0 Å². The quantitative estimate of drug-likeness (QED) is 0.855. The molecule has 4 atom stereocenters. The highest BCUT2D eigenvalue weighted by atomic mass is 16.5. The Bertz CT molecular complexity index is 656. The fraction of sp³-hybridized carbons (Fsp3) is 0.556. The zero-order chi connectivity index (χ0) is 17.4. The van der Waals surface area contributed by atoms with Gasteiger partial charge in [-0.05, 0) is 37.1 Å². The van der Waals surface area contributed by atoms with E-state index in [9.17, 15) is 14.7 Å². The van der Waals surface area contributed by atoms with Crippen molar-refractivity contribution in [3.05, 3.63) is 24.3 Å². The SMILES string of the molecule is O=C(Nc1ccc(N2CCOCC2)cc1)C1C(C(=O)O)[C@H]2CC[C@@H]1O2. The van der Waals surface area contributed by atoms with Crippen molar-refractivity contribution < 1.29 is 24.2 Å². The van der Waals surface area contributed by atoms with Gasteiger partial charge in [-0.1, -0.05) is 0 Å². The van der Waals surface area contributed by atoms with E-state index in [0.29, 0.717) is 5.69 Å². The normalized spacial score (nSPS) is 31.1. The van der Waals surface area contributed by atoms with Gasteiger partial charge in [0.05, 0.1) is 37.3 Å². The Labute approximate surface area is 145 Å². The van der Waals surface area contributed by atoms with Crippen LogP contribution in [-0.2, 0) is 19.1 Å². The van der Waals surface area contributed by atoms with Crippen molar-refractivity contribution in [3.8, 4) is 0 Å². The molecule has 0 aliphatic carbocycles. The summed E-state index contributed by atoms with van der Waals surface area (Å²) in [5.41, 5.74) is 1.77. The molecule has 1 aromatic carbocycles. The minimum absolute atomic E-state index is 0.265. The minimum atomic E-state index is -0.949. The first-order valence-corrected chi connectivity index (χ1v) is 8.75. The summed E-state index contributed by atoms with van der Waals surface area (Å²) in [6.45, 7) is 3.15. The number of fused-ring (bicyclic) bond motifs is 2.